The van der Waals surface area contributed by atoms with Gasteiger partial charge in [-0.15, -0.1) is 0 Å². The van der Waals surface area contributed by atoms with E-state index in [0.717, 1.165) is 34.6 Å². The summed E-state index contributed by atoms with van der Waals surface area (Å²) in [4.78, 5) is 14.8. The van der Waals surface area contributed by atoms with Crippen molar-refractivity contribution in [3.8, 4) is 17.1 Å². The summed E-state index contributed by atoms with van der Waals surface area (Å²) in [5.41, 5.74) is 2.62. The lowest BCUT2D eigenvalue weighted by molar-refractivity contribution is -0.111. The number of halogens is 1. The van der Waals surface area contributed by atoms with Crippen molar-refractivity contribution in [2.24, 2.45) is 0 Å². The maximum atomic E-state index is 12.6. The van der Waals surface area contributed by atoms with Crippen molar-refractivity contribution in [3.63, 3.8) is 0 Å². The van der Waals surface area contributed by atoms with Crippen molar-refractivity contribution in [2.45, 2.75) is 0 Å². The average molecular weight is 483 g/mol. The van der Waals surface area contributed by atoms with E-state index in [9.17, 15) is 4.79 Å². The molecule has 6 nitrogen and oxygen atoms in total. The number of amides is 1. The average Bonchev–Trinajstić information content (AvgIpc) is 3.28. The molecule has 0 radical (unpaired) electrons. The van der Waals surface area contributed by atoms with Crippen LogP contribution in [0.4, 0.5) is 11.4 Å². The number of nitrogens with zero attached hydrogens (tertiary/aromatic N) is 1. The summed E-state index contributed by atoms with van der Waals surface area (Å²) in [5, 5.41) is 2.96. The second-order valence-electron chi connectivity index (χ2n) is 7.01. The molecule has 1 aliphatic heterocycles. The summed E-state index contributed by atoms with van der Waals surface area (Å²) in [6, 6.07) is 17.3. The fraction of sp³-hybridized carbons (Fsp3) is 0.208. The number of morpholine rings is 1. The van der Waals surface area contributed by atoms with Gasteiger partial charge in [0.25, 0.3) is 0 Å². The zero-order chi connectivity index (χ0) is 21.6. The molecule has 160 valence electrons. The Hall–Kier alpha value is -3.03. The van der Waals surface area contributed by atoms with Crippen LogP contribution >= 0.6 is 15.9 Å². The number of methoxy groups -OCH3 is 1. The van der Waals surface area contributed by atoms with Crippen LogP contribution in [0.3, 0.4) is 0 Å². The van der Waals surface area contributed by atoms with Gasteiger partial charge < -0.3 is 24.1 Å². The number of furan rings is 1. The predicted octanol–water partition coefficient (Wildman–Crippen LogP) is 5.21. The monoisotopic (exact) mass is 482 g/mol. The van der Waals surface area contributed by atoms with Crippen LogP contribution in [-0.2, 0) is 9.53 Å². The third kappa shape index (κ3) is 5.37. The molecule has 0 aliphatic carbocycles. The zero-order valence-corrected chi connectivity index (χ0v) is 18.7. The largest absolute Gasteiger partial charge is 0.497 e. The number of benzene rings is 2. The molecule has 2 heterocycles. The van der Waals surface area contributed by atoms with Gasteiger partial charge in [0.15, 0.2) is 0 Å². The molecule has 4 rings (SSSR count). The van der Waals surface area contributed by atoms with Gasteiger partial charge >= 0.3 is 0 Å². The first-order valence-electron chi connectivity index (χ1n) is 9.98. The van der Waals surface area contributed by atoms with Crippen molar-refractivity contribution in [3.05, 3.63) is 70.9 Å². The summed E-state index contributed by atoms with van der Waals surface area (Å²) < 4.78 is 17.6. The number of rotatable bonds is 6. The van der Waals surface area contributed by atoms with Crippen LogP contribution in [0.1, 0.15) is 5.76 Å². The summed E-state index contributed by atoms with van der Waals surface area (Å²) in [5.74, 6) is 1.79. The van der Waals surface area contributed by atoms with Gasteiger partial charge in [0.05, 0.1) is 31.7 Å². The van der Waals surface area contributed by atoms with E-state index in [-0.39, 0.29) is 5.91 Å². The highest BCUT2D eigenvalue weighted by Crippen LogP contribution is 2.31. The summed E-state index contributed by atoms with van der Waals surface area (Å²) in [7, 11) is 1.61. The molecule has 0 bridgehead atoms. The lowest BCUT2D eigenvalue weighted by Gasteiger charge is -2.30. The Morgan fingerprint density at radius 2 is 1.87 bits per heavy atom. The van der Waals surface area contributed by atoms with Gasteiger partial charge in [-0.3, -0.25) is 4.79 Å². The van der Waals surface area contributed by atoms with Crippen LogP contribution in [0.5, 0.6) is 5.75 Å². The quantitative estimate of drug-likeness (QED) is 0.488. The van der Waals surface area contributed by atoms with Crippen LogP contribution in [0.25, 0.3) is 17.4 Å². The summed E-state index contributed by atoms with van der Waals surface area (Å²) in [6.07, 6.45) is 3.12. The normalized spacial score (nSPS) is 14.1. The van der Waals surface area contributed by atoms with E-state index < -0.39 is 0 Å². The number of nitrogens with one attached hydrogen (secondary N) is 1. The molecule has 2 aromatic carbocycles. The molecule has 1 N–H and O–H groups in total. The van der Waals surface area contributed by atoms with Crippen LogP contribution in [0.2, 0.25) is 0 Å². The van der Waals surface area contributed by atoms with E-state index in [4.69, 9.17) is 13.9 Å². The Morgan fingerprint density at radius 3 is 2.61 bits per heavy atom. The Balaban J connectivity index is 1.47. The minimum Gasteiger partial charge on any atom is -0.497 e. The molecule has 3 aromatic rings. The van der Waals surface area contributed by atoms with Crippen molar-refractivity contribution >= 4 is 39.3 Å². The number of anilines is 2. The first kappa shape index (κ1) is 21.2. The van der Waals surface area contributed by atoms with Crippen LogP contribution in [0, 0.1) is 0 Å². The minimum absolute atomic E-state index is 0.246. The molecular weight excluding hydrogens is 460 g/mol. The van der Waals surface area contributed by atoms with E-state index in [1.807, 2.05) is 54.6 Å². The Morgan fingerprint density at radius 1 is 1.10 bits per heavy atom. The van der Waals surface area contributed by atoms with Gasteiger partial charge in [-0.25, -0.2) is 0 Å². The van der Waals surface area contributed by atoms with Gasteiger partial charge in [0, 0.05) is 35.3 Å². The zero-order valence-electron chi connectivity index (χ0n) is 17.1. The molecule has 0 saturated carbocycles. The van der Waals surface area contributed by atoms with Crippen molar-refractivity contribution < 1.29 is 18.7 Å². The van der Waals surface area contributed by atoms with Crippen LogP contribution < -0.4 is 15.0 Å². The highest BCUT2D eigenvalue weighted by Gasteiger charge is 2.16. The van der Waals surface area contributed by atoms with E-state index in [0.29, 0.717) is 30.4 Å². The highest BCUT2D eigenvalue weighted by atomic mass is 79.9. The Labute approximate surface area is 189 Å². The number of carbonyl (C=O) groups excluding carboxylic acids is 1. The maximum absolute atomic E-state index is 12.6. The van der Waals surface area contributed by atoms with Crippen LogP contribution in [-0.4, -0.2) is 39.3 Å². The predicted molar refractivity (Wildman–Crippen MR) is 126 cm³/mol. The Kier molecular flexibility index (Phi) is 6.74. The van der Waals surface area contributed by atoms with Crippen molar-refractivity contribution in [1.29, 1.82) is 0 Å². The fourth-order valence-corrected chi connectivity index (χ4v) is 3.63. The molecular formula is C24H23BrN2O4. The number of carbonyl (C=O) groups is 1. The van der Waals surface area contributed by atoms with Gasteiger partial charge in [0.2, 0.25) is 5.91 Å². The molecule has 1 amide bonds. The van der Waals surface area contributed by atoms with Crippen molar-refractivity contribution in [1.82, 2.24) is 0 Å². The second-order valence-corrected chi connectivity index (χ2v) is 7.93. The topological polar surface area (TPSA) is 63.9 Å². The number of hydrogen-bond donors (Lipinski definition) is 1. The molecule has 0 spiro atoms. The van der Waals surface area contributed by atoms with E-state index in [1.165, 1.54) is 6.08 Å². The molecule has 0 atom stereocenters. The molecule has 31 heavy (non-hydrogen) atoms. The third-order valence-corrected chi connectivity index (χ3v) is 5.50. The molecule has 1 saturated heterocycles. The third-order valence-electron chi connectivity index (χ3n) is 4.97. The van der Waals surface area contributed by atoms with Crippen LogP contribution in [0.15, 0.2) is 69.6 Å². The van der Waals surface area contributed by atoms with Crippen molar-refractivity contribution in [2.75, 3.05) is 43.6 Å². The van der Waals surface area contributed by atoms with E-state index >= 15 is 0 Å². The SMILES string of the molecule is COc1ccc(N2CCOCC2)c(NC(=O)/C=C/c2ccc(-c3ccc(Br)cc3)o2)c1. The first-order chi connectivity index (χ1) is 15.1. The molecule has 1 fully saturated rings. The smallest absolute Gasteiger partial charge is 0.248 e. The minimum atomic E-state index is -0.246. The van der Waals surface area contributed by atoms with Gasteiger partial charge in [-0.1, -0.05) is 28.1 Å². The second kappa shape index (κ2) is 9.85. The molecule has 1 aromatic heterocycles. The number of ether oxygens (including phenoxy) is 2. The summed E-state index contributed by atoms with van der Waals surface area (Å²) in [6.45, 7) is 2.88. The summed E-state index contributed by atoms with van der Waals surface area (Å²) >= 11 is 3.43. The van der Waals surface area contributed by atoms with E-state index in [1.54, 1.807) is 13.2 Å². The maximum Gasteiger partial charge on any atom is 0.248 e. The standard InChI is InChI=1S/C24H23BrN2O4/c1-29-20-6-9-22(27-12-14-30-15-13-27)21(16-20)26-24(28)11-8-19-7-10-23(31-19)17-2-4-18(25)5-3-17/h2-11,16H,12-15H2,1H3,(H,26,28)/b11-8+. The molecule has 0 unspecified atom stereocenters. The first-order valence-corrected chi connectivity index (χ1v) is 10.8. The Bertz CT molecular complexity index is 1070. The molecule has 7 heteroatoms. The molecule has 1 aliphatic rings. The highest BCUT2D eigenvalue weighted by molar-refractivity contribution is 9.10. The number of hydrogen-bond acceptors (Lipinski definition) is 5. The fourth-order valence-electron chi connectivity index (χ4n) is 3.37. The van der Waals surface area contributed by atoms with Gasteiger partial charge in [-0.2, -0.15) is 0 Å². The van der Waals surface area contributed by atoms with E-state index in [2.05, 4.69) is 26.1 Å². The van der Waals surface area contributed by atoms with Gasteiger partial charge in [0.1, 0.15) is 17.3 Å². The van der Waals surface area contributed by atoms with Gasteiger partial charge in [-0.05, 0) is 42.5 Å². The lowest BCUT2D eigenvalue weighted by Crippen LogP contribution is -2.36. The lowest BCUT2D eigenvalue weighted by atomic mass is 10.2.